The summed E-state index contributed by atoms with van der Waals surface area (Å²) in [6.45, 7) is 12.1. The molecule has 2 unspecified atom stereocenters. The molecule has 0 spiro atoms. The Hall–Kier alpha value is -1.26. The van der Waals surface area contributed by atoms with Crippen LogP contribution in [0.1, 0.15) is 48.0 Å². The van der Waals surface area contributed by atoms with E-state index < -0.39 is 18.0 Å². The lowest BCUT2D eigenvalue weighted by Gasteiger charge is -2.20. The van der Waals surface area contributed by atoms with Crippen LogP contribution < -0.4 is 10.6 Å². The minimum atomic E-state index is -0.987. The number of carbonyl (C=O) groups is 2. The van der Waals surface area contributed by atoms with Crippen LogP contribution in [-0.4, -0.2) is 29.2 Å². The molecule has 110 valence electrons. The average molecular weight is 270 g/mol. The minimum Gasteiger partial charge on any atom is -0.480 e. The van der Waals surface area contributed by atoms with Crippen LogP contribution in [0.5, 0.6) is 0 Å². The molecular formula is C14H26N2O3. The molecule has 0 heterocycles. The van der Waals surface area contributed by atoms with Crippen molar-refractivity contribution >= 4 is 12.0 Å². The van der Waals surface area contributed by atoms with Gasteiger partial charge in [0.15, 0.2) is 0 Å². The molecule has 0 aromatic rings. The maximum atomic E-state index is 11.9. The number of aliphatic carboxylic acids is 1. The monoisotopic (exact) mass is 270 g/mol. The summed E-state index contributed by atoms with van der Waals surface area (Å²) in [5.74, 6) is -1.08. The molecular weight excluding hydrogens is 244 g/mol. The maximum Gasteiger partial charge on any atom is 0.326 e. The van der Waals surface area contributed by atoms with Crippen molar-refractivity contribution in [3.8, 4) is 0 Å². The Morgan fingerprint density at radius 3 is 2.00 bits per heavy atom. The van der Waals surface area contributed by atoms with Gasteiger partial charge in [0, 0.05) is 6.04 Å². The van der Waals surface area contributed by atoms with Crippen molar-refractivity contribution in [1.29, 1.82) is 0 Å². The van der Waals surface area contributed by atoms with E-state index in [0.717, 1.165) is 0 Å². The average Bonchev–Trinajstić information content (AvgIpc) is 2.67. The van der Waals surface area contributed by atoms with Crippen molar-refractivity contribution in [1.82, 2.24) is 10.6 Å². The highest BCUT2D eigenvalue weighted by Gasteiger charge is 2.65. The predicted octanol–water partition coefficient (Wildman–Crippen LogP) is 2.22. The van der Waals surface area contributed by atoms with E-state index in [4.69, 9.17) is 5.11 Å². The van der Waals surface area contributed by atoms with Gasteiger partial charge in [-0.3, -0.25) is 0 Å². The molecule has 0 aliphatic heterocycles. The molecule has 19 heavy (non-hydrogen) atoms. The largest absolute Gasteiger partial charge is 0.480 e. The Morgan fingerprint density at radius 1 is 1.21 bits per heavy atom. The molecule has 0 saturated heterocycles. The molecule has 0 radical (unpaired) electrons. The summed E-state index contributed by atoms with van der Waals surface area (Å²) in [4.78, 5) is 23.1. The zero-order valence-corrected chi connectivity index (χ0v) is 12.7. The lowest BCUT2D eigenvalue weighted by molar-refractivity contribution is -0.140. The van der Waals surface area contributed by atoms with E-state index >= 15 is 0 Å². The van der Waals surface area contributed by atoms with Gasteiger partial charge >= 0.3 is 12.0 Å². The lowest BCUT2D eigenvalue weighted by Crippen LogP contribution is -2.50. The first-order chi connectivity index (χ1) is 8.55. The lowest BCUT2D eigenvalue weighted by atomic mass is 9.99. The topological polar surface area (TPSA) is 78.4 Å². The van der Waals surface area contributed by atoms with Crippen LogP contribution in [0.15, 0.2) is 0 Å². The van der Waals surface area contributed by atoms with Crippen molar-refractivity contribution in [2.75, 3.05) is 0 Å². The van der Waals surface area contributed by atoms with Gasteiger partial charge in [-0.15, -0.1) is 0 Å². The number of carbonyl (C=O) groups excluding carboxylic acids is 1. The standard InChI is InChI=1S/C14H26N2O3/c1-7-8(2)9(10(17)18)15-12(19)16-11-13(3,4)14(11,5)6/h8-9,11H,7H2,1-6H3,(H,17,18)(H2,15,16,19). The van der Waals surface area contributed by atoms with Crippen LogP contribution in [0.25, 0.3) is 0 Å². The van der Waals surface area contributed by atoms with Gasteiger partial charge in [-0.25, -0.2) is 9.59 Å². The third-order valence-electron chi connectivity index (χ3n) is 5.06. The maximum absolute atomic E-state index is 11.9. The molecule has 2 atom stereocenters. The van der Waals surface area contributed by atoms with E-state index in [-0.39, 0.29) is 22.8 Å². The van der Waals surface area contributed by atoms with Gasteiger partial charge in [0.25, 0.3) is 0 Å². The fourth-order valence-corrected chi connectivity index (χ4v) is 2.55. The third kappa shape index (κ3) is 2.85. The molecule has 1 aliphatic carbocycles. The molecule has 1 rings (SSSR count). The fraction of sp³-hybridized carbons (Fsp3) is 0.857. The summed E-state index contributed by atoms with van der Waals surface area (Å²) in [5.41, 5.74) is 0.0822. The van der Waals surface area contributed by atoms with E-state index in [0.29, 0.717) is 6.42 Å². The smallest absolute Gasteiger partial charge is 0.326 e. The van der Waals surface area contributed by atoms with Crippen LogP contribution in [0.2, 0.25) is 0 Å². The van der Waals surface area contributed by atoms with E-state index in [1.165, 1.54) is 0 Å². The highest BCUT2D eigenvalue weighted by atomic mass is 16.4. The Morgan fingerprint density at radius 2 is 1.68 bits per heavy atom. The van der Waals surface area contributed by atoms with Crippen LogP contribution >= 0.6 is 0 Å². The molecule has 2 amide bonds. The number of urea groups is 1. The minimum absolute atomic E-state index is 0.0411. The fourth-order valence-electron chi connectivity index (χ4n) is 2.55. The quantitative estimate of drug-likeness (QED) is 0.716. The van der Waals surface area contributed by atoms with Gasteiger partial charge in [-0.2, -0.15) is 0 Å². The number of carboxylic acid groups (broad SMARTS) is 1. The van der Waals surface area contributed by atoms with Gasteiger partial charge in [-0.05, 0) is 16.7 Å². The zero-order chi connectivity index (χ0) is 15.0. The SMILES string of the molecule is CCC(C)C(NC(=O)NC1C(C)(C)C1(C)C)C(=O)O. The summed E-state index contributed by atoms with van der Waals surface area (Å²) in [6, 6.07) is -1.15. The normalized spacial score (nSPS) is 23.3. The molecule has 1 aliphatic rings. The van der Waals surface area contributed by atoms with E-state index in [1.807, 2.05) is 13.8 Å². The molecule has 0 bridgehead atoms. The molecule has 0 aromatic heterocycles. The molecule has 1 saturated carbocycles. The Bertz CT molecular complexity index is 363. The van der Waals surface area contributed by atoms with Crippen molar-refractivity contribution < 1.29 is 14.7 Å². The third-order valence-corrected chi connectivity index (χ3v) is 5.06. The van der Waals surface area contributed by atoms with Crippen LogP contribution in [0.3, 0.4) is 0 Å². The second kappa shape index (κ2) is 5.02. The highest BCUT2D eigenvalue weighted by molar-refractivity contribution is 5.83. The summed E-state index contributed by atoms with van der Waals surface area (Å²) in [6.07, 6.45) is 0.706. The van der Waals surface area contributed by atoms with Gasteiger partial charge in [0.1, 0.15) is 6.04 Å². The first kappa shape index (κ1) is 15.8. The second-order valence-corrected chi connectivity index (χ2v) is 6.70. The molecule has 3 N–H and O–H groups in total. The van der Waals surface area contributed by atoms with Gasteiger partial charge < -0.3 is 15.7 Å². The summed E-state index contributed by atoms with van der Waals surface area (Å²) < 4.78 is 0. The Balaban J connectivity index is 2.59. The first-order valence-electron chi connectivity index (χ1n) is 6.85. The Kier molecular flexibility index (Phi) is 4.17. The van der Waals surface area contributed by atoms with Crippen molar-refractivity contribution in [2.24, 2.45) is 16.7 Å². The van der Waals surface area contributed by atoms with E-state index in [9.17, 15) is 9.59 Å². The zero-order valence-electron chi connectivity index (χ0n) is 12.7. The van der Waals surface area contributed by atoms with Crippen LogP contribution in [-0.2, 0) is 4.79 Å². The number of hydrogen-bond donors (Lipinski definition) is 3. The summed E-state index contributed by atoms with van der Waals surface area (Å²) in [5, 5.41) is 14.6. The molecule has 5 heteroatoms. The van der Waals surface area contributed by atoms with Crippen LogP contribution in [0.4, 0.5) is 4.79 Å². The Labute approximate surface area is 115 Å². The van der Waals surface area contributed by atoms with Gasteiger partial charge in [0.05, 0.1) is 0 Å². The highest BCUT2D eigenvalue weighted by Crippen LogP contribution is 2.62. The summed E-state index contributed by atoms with van der Waals surface area (Å²) in [7, 11) is 0. The van der Waals surface area contributed by atoms with E-state index in [2.05, 4.69) is 38.3 Å². The number of carboxylic acids is 1. The number of nitrogens with one attached hydrogen (secondary N) is 2. The van der Waals surface area contributed by atoms with Crippen molar-refractivity contribution in [3.05, 3.63) is 0 Å². The molecule has 5 nitrogen and oxygen atoms in total. The number of rotatable bonds is 5. The molecule has 1 fully saturated rings. The van der Waals surface area contributed by atoms with E-state index in [1.54, 1.807) is 0 Å². The van der Waals surface area contributed by atoms with Crippen LogP contribution in [0, 0.1) is 16.7 Å². The summed E-state index contributed by atoms with van der Waals surface area (Å²) >= 11 is 0. The molecule has 0 aromatic carbocycles. The second-order valence-electron chi connectivity index (χ2n) is 6.70. The van der Waals surface area contributed by atoms with Gasteiger partial charge in [0.2, 0.25) is 0 Å². The first-order valence-corrected chi connectivity index (χ1v) is 6.85. The predicted molar refractivity (Wildman–Crippen MR) is 73.9 cm³/mol. The van der Waals surface area contributed by atoms with Gasteiger partial charge in [-0.1, -0.05) is 48.0 Å². The number of amides is 2. The van der Waals surface area contributed by atoms with Crippen molar-refractivity contribution in [3.63, 3.8) is 0 Å². The number of hydrogen-bond acceptors (Lipinski definition) is 2. The van der Waals surface area contributed by atoms with Crippen molar-refractivity contribution in [2.45, 2.75) is 60.0 Å².